The van der Waals surface area contributed by atoms with Gasteiger partial charge in [-0.25, -0.2) is 0 Å². The van der Waals surface area contributed by atoms with Gasteiger partial charge in [-0.1, -0.05) is 68.4 Å². The molecule has 2 aliphatic rings. The Morgan fingerprint density at radius 3 is 2.29 bits per heavy atom. The van der Waals surface area contributed by atoms with Crippen LogP contribution in [0.1, 0.15) is 53.6 Å². The van der Waals surface area contributed by atoms with E-state index in [1.54, 1.807) is 0 Å². The molecule has 1 aromatic heterocycles. The lowest BCUT2D eigenvalue weighted by Gasteiger charge is -2.32. The number of pyridine rings is 1. The third-order valence-corrected chi connectivity index (χ3v) is 6.78. The highest BCUT2D eigenvalue weighted by molar-refractivity contribution is 6.07. The van der Waals surface area contributed by atoms with Crippen LogP contribution >= 0.6 is 0 Å². The van der Waals surface area contributed by atoms with Crippen molar-refractivity contribution < 1.29 is 14.6 Å². The predicted molar refractivity (Wildman–Crippen MR) is 132 cm³/mol. The van der Waals surface area contributed by atoms with Crippen LogP contribution in [0.25, 0.3) is 22.4 Å². The maximum Gasteiger partial charge on any atom is 0.165 e. The van der Waals surface area contributed by atoms with E-state index in [1.165, 1.54) is 0 Å². The summed E-state index contributed by atoms with van der Waals surface area (Å²) in [7, 11) is 0. The van der Waals surface area contributed by atoms with Gasteiger partial charge in [0.2, 0.25) is 0 Å². The Hall–Kier alpha value is -3.76. The third kappa shape index (κ3) is 3.34. The minimum atomic E-state index is -0.818. The molecule has 4 nitrogen and oxygen atoms in total. The number of rotatable bonds is 3. The van der Waals surface area contributed by atoms with Gasteiger partial charge in [0, 0.05) is 28.7 Å². The van der Waals surface area contributed by atoms with E-state index < -0.39 is 6.10 Å². The number of benzene rings is 3. The number of ether oxygens (including phenoxy) is 1. The number of carbonyl (C=O) groups excluding carboxylic acids is 1. The molecule has 2 aliphatic carbocycles. The van der Waals surface area contributed by atoms with Crippen LogP contribution in [0.5, 0.6) is 11.5 Å². The van der Waals surface area contributed by atoms with E-state index in [2.05, 4.69) is 13.8 Å². The largest absolute Gasteiger partial charge is 0.457 e. The zero-order valence-electron chi connectivity index (χ0n) is 19.2. The number of hydrogen-bond donors (Lipinski definition) is 1. The first-order valence-corrected chi connectivity index (χ1v) is 11.6. The van der Waals surface area contributed by atoms with Gasteiger partial charge in [0.15, 0.2) is 5.78 Å². The molecule has 0 unspecified atom stereocenters. The summed E-state index contributed by atoms with van der Waals surface area (Å²) in [5, 5.41) is 11.3. The molecule has 0 bridgehead atoms. The third-order valence-electron chi connectivity index (χ3n) is 6.78. The molecule has 0 spiro atoms. The number of hydrogen-bond acceptors (Lipinski definition) is 4. The lowest BCUT2D eigenvalue weighted by molar-refractivity contribution is 0.0911. The molecule has 1 atom stereocenters. The van der Waals surface area contributed by atoms with Gasteiger partial charge in [-0.3, -0.25) is 9.78 Å². The van der Waals surface area contributed by atoms with Crippen molar-refractivity contribution in [2.45, 2.75) is 32.8 Å². The number of nitrogens with zero attached hydrogens (tertiary/aromatic N) is 1. The van der Waals surface area contributed by atoms with Crippen LogP contribution in [-0.2, 0) is 6.42 Å². The Bertz CT molecular complexity index is 1420. The van der Waals surface area contributed by atoms with Crippen LogP contribution < -0.4 is 4.74 Å². The summed E-state index contributed by atoms with van der Waals surface area (Å²) in [6.45, 7) is 4.22. The molecular weight excluding hydrogens is 422 g/mol. The zero-order chi connectivity index (χ0) is 23.4. The summed E-state index contributed by atoms with van der Waals surface area (Å²) >= 11 is 0. The molecule has 3 aromatic carbocycles. The van der Waals surface area contributed by atoms with Gasteiger partial charge in [0.1, 0.15) is 17.6 Å². The van der Waals surface area contributed by atoms with Crippen LogP contribution in [-0.4, -0.2) is 15.9 Å². The first-order chi connectivity index (χ1) is 16.4. The molecule has 168 valence electrons. The number of Topliss-reactive ketones (excluding diaryl/α,β-unsaturated/α-hetero) is 1. The molecule has 34 heavy (non-hydrogen) atoms. The summed E-state index contributed by atoms with van der Waals surface area (Å²) in [4.78, 5) is 18.4. The van der Waals surface area contributed by atoms with Crippen LogP contribution in [0.3, 0.4) is 0 Å². The Kier molecular flexibility index (Phi) is 4.68. The van der Waals surface area contributed by atoms with Gasteiger partial charge in [0.05, 0.1) is 11.4 Å². The van der Waals surface area contributed by atoms with E-state index in [1.807, 2.05) is 78.9 Å². The van der Waals surface area contributed by atoms with Crippen molar-refractivity contribution in [3.05, 3.63) is 101 Å². The minimum Gasteiger partial charge on any atom is -0.457 e. The molecule has 4 heteroatoms. The molecule has 1 heterocycles. The first kappa shape index (κ1) is 20.8. The highest BCUT2D eigenvalue weighted by Gasteiger charge is 2.40. The second-order valence-corrected chi connectivity index (χ2v) is 9.94. The van der Waals surface area contributed by atoms with E-state index in [-0.39, 0.29) is 11.2 Å². The average molecular weight is 448 g/mol. The summed E-state index contributed by atoms with van der Waals surface area (Å²) in [5.74, 6) is 1.57. The van der Waals surface area contributed by atoms with Gasteiger partial charge < -0.3 is 9.84 Å². The quantitative estimate of drug-likeness (QED) is 0.377. The van der Waals surface area contributed by atoms with Crippen LogP contribution in [0.15, 0.2) is 78.9 Å². The fraction of sp³-hybridized carbons (Fsp3) is 0.200. The molecule has 0 saturated carbocycles. The van der Waals surface area contributed by atoms with Crippen LogP contribution in [0, 0.1) is 5.41 Å². The second-order valence-electron chi connectivity index (χ2n) is 9.94. The lowest BCUT2D eigenvalue weighted by Crippen LogP contribution is -2.29. The van der Waals surface area contributed by atoms with Crippen molar-refractivity contribution in [1.29, 1.82) is 0 Å². The van der Waals surface area contributed by atoms with Crippen molar-refractivity contribution in [1.82, 2.24) is 4.98 Å². The van der Waals surface area contributed by atoms with Gasteiger partial charge in [-0.15, -0.1) is 0 Å². The summed E-state index contributed by atoms with van der Waals surface area (Å²) in [5.41, 5.74) is 6.30. The fourth-order valence-corrected chi connectivity index (χ4v) is 5.31. The van der Waals surface area contributed by atoms with Crippen molar-refractivity contribution in [3.8, 4) is 33.9 Å². The molecular formula is C30H25NO3. The van der Waals surface area contributed by atoms with E-state index in [4.69, 9.17) is 9.72 Å². The molecule has 0 radical (unpaired) electrons. The SMILES string of the molecule is CC1(C)CC(=O)c2c(nc3c(c2-c2ccc(Oc4ccccc4)cc2)[C@H](O)c2ccccc2-3)C1. The van der Waals surface area contributed by atoms with E-state index in [0.717, 1.165) is 51.4 Å². The van der Waals surface area contributed by atoms with Crippen LogP contribution in [0.2, 0.25) is 0 Å². The predicted octanol–water partition coefficient (Wildman–Crippen LogP) is 6.76. The molecule has 0 aliphatic heterocycles. The van der Waals surface area contributed by atoms with E-state index in [0.29, 0.717) is 17.7 Å². The molecule has 0 saturated heterocycles. The molecule has 0 amide bonds. The number of aromatic nitrogens is 1. The Labute approximate surface area is 198 Å². The average Bonchev–Trinajstić information content (AvgIpc) is 3.10. The second kappa shape index (κ2) is 7.64. The monoisotopic (exact) mass is 447 g/mol. The number of fused-ring (bicyclic) bond motifs is 4. The standard InChI is InChI=1S/C30H25NO3/c1-30(2)16-23-26(24(32)17-30)25(27-28(31-23)21-10-6-7-11-22(21)29(27)33)18-12-14-20(15-13-18)34-19-8-4-3-5-9-19/h3-15,29,33H,16-17H2,1-2H3/t29-/m1/s1. The van der Waals surface area contributed by atoms with Crippen LogP contribution in [0.4, 0.5) is 0 Å². The Morgan fingerprint density at radius 2 is 1.53 bits per heavy atom. The maximum atomic E-state index is 13.4. The van der Waals surface area contributed by atoms with Gasteiger partial charge in [-0.2, -0.15) is 0 Å². The first-order valence-electron chi connectivity index (χ1n) is 11.6. The van der Waals surface area contributed by atoms with Crippen molar-refractivity contribution in [2.24, 2.45) is 5.41 Å². The topological polar surface area (TPSA) is 59.4 Å². The molecule has 6 rings (SSSR count). The lowest BCUT2D eigenvalue weighted by atomic mass is 9.73. The molecule has 4 aromatic rings. The smallest absolute Gasteiger partial charge is 0.165 e. The number of para-hydroxylation sites is 1. The highest BCUT2D eigenvalue weighted by atomic mass is 16.5. The van der Waals surface area contributed by atoms with Crippen molar-refractivity contribution >= 4 is 5.78 Å². The van der Waals surface area contributed by atoms with Gasteiger partial charge >= 0.3 is 0 Å². The summed E-state index contributed by atoms with van der Waals surface area (Å²) in [6, 6.07) is 25.2. The highest BCUT2D eigenvalue weighted by Crippen LogP contribution is 2.50. The fourth-order valence-electron chi connectivity index (χ4n) is 5.31. The van der Waals surface area contributed by atoms with E-state index >= 15 is 0 Å². The van der Waals surface area contributed by atoms with Gasteiger partial charge in [-0.05, 0) is 47.2 Å². The van der Waals surface area contributed by atoms with Gasteiger partial charge in [0.25, 0.3) is 0 Å². The zero-order valence-corrected chi connectivity index (χ0v) is 19.2. The molecule has 1 N–H and O–H groups in total. The molecule has 0 fully saturated rings. The normalized spacial score (nSPS) is 17.6. The number of ketones is 1. The maximum absolute atomic E-state index is 13.4. The minimum absolute atomic E-state index is 0.0873. The number of aliphatic hydroxyl groups is 1. The van der Waals surface area contributed by atoms with Crippen molar-refractivity contribution in [2.75, 3.05) is 0 Å². The Morgan fingerprint density at radius 1 is 0.853 bits per heavy atom. The van der Waals surface area contributed by atoms with Crippen molar-refractivity contribution in [3.63, 3.8) is 0 Å². The number of aliphatic hydroxyl groups excluding tert-OH is 1. The Balaban J connectivity index is 1.53. The summed E-state index contributed by atoms with van der Waals surface area (Å²) in [6.07, 6.45) is 0.370. The number of carbonyl (C=O) groups is 1. The van der Waals surface area contributed by atoms with E-state index in [9.17, 15) is 9.90 Å². The summed E-state index contributed by atoms with van der Waals surface area (Å²) < 4.78 is 5.97.